The maximum absolute atomic E-state index is 11.6. The van der Waals surface area contributed by atoms with E-state index in [1.807, 2.05) is 0 Å². The minimum atomic E-state index is -0.0738. The van der Waals surface area contributed by atoms with Gasteiger partial charge >= 0.3 is 0 Å². The number of nitrogens with one attached hydrogen (secondary N) is 1. The van der Waals surface area contributed by atoms with Crippen LogP contribution in [0.3, 0.4) is 0 Å². The van der Waals surface area contributed by atoms with Crippen molar-refractivity contribution in [2.45, 2.75) is 12.8 Å². The van der Waals surface area contributed by atoms with Gasteiger partial charge < -0.3 is 9.73 Å². The van der Waals surface area contributed by atoms with Gasteiger partial charge in [-0.2, -0.15) is 0 Å². The molecule has 1 aromatic carbocycles. The molecule has 88 valence electrons. The third-order valence-electron chi connectivity index (χ3n) is 2.20. The van der Waals surface area contributed by atoms with Crippen LogP contribution in [-0.2, 0) is 11.2 Å². The molecule has 1 N–H and O–H groups in total. The SMILES string of the molecule is O=C(CCc1cocn1)Nc1cccc(Cl)c1. The average molecular weight is 251 g/mol. The maximum Gasteiger partial charge on any atom is 0.224 e. The number of halogens is 1. The number of nitrogens with zero attached hydrogens (tertiary/aromatic N) is 1. The molecule has 0 unspecified atom stereocenters. The van der Waals surface area contributed by atoms with Gasteiger partial charge in [-0.1, -0.05) is 17.7 Å². The van der Waals surface area contributed by atoms with Gasteiger partial charge in [0.2, 0.25) is 5.91 Å². The van der Waals surface area contributed by atoms with E-state index in [2.05, 4.69) is 10.3 Å². The normalized spacial score (nSPS) is 10.2. The smallest absolute Gasteiger partial charge is 0.224 e. The molecule has 0 aliphatic rings. The first-order chi connectivity index (χ1) is 8.24. The van der Waals surface area contributed by atoms with Crippen LogP contribution in [0.25, 0.3) is 0 Å². The summed E-state index contributed by atoms with van der Waals surface area (Å²) in [5.74, 6) is -0.0738. The van der Waals surface area contributed by atoms with Gasteiger partial charge in [-0.3, -0.25) is 4.79 Å². The molecule has 0 saturated heterocycles. The molecule has 1 aromatic heterocycles. The number of hydrogen-bond acceptors (Lipinski definition) is 3. The molecule has 2 rings (SSSR count). The summed E-state index contributed by atoms with van der Waals surface area (Å²) in [4.78, 5) is 15.5. The molecule has 4 nitrogen and oxygen atoms in total. The number of anilines is 1. The lowest BCUT2D eigenvalue weighted by molar-refractivity contribution is -0.116. The van der Waals surface area contributed by atoms with Crippen molar-refractivity contribution in [1.29, 1.82) is 0 Å². The number of carbonyl (C=O) groups excluding carboxylic acids is 1. The Morgan fingerprint density at radius 3 is 3.06 bits per heavy atom. The standard InChI is InChI=1S/C12H11ClN2O2/c13-9-2-1-3-10(6-9)15-12(16)5-4-11-7-17-8-14-11/h1-3,6-8H,4-5H2,(H,15,16). The van der Waals surface area contributed by atoms with Gasteiger partial charge in [0.1, 0.15) is 6.26 Å². The van der Waals surface area contributed by atoms with Gasteiger partial charge in [-0.05, 0) is 18.2 Å². The number of rotatable bonds is 4. The summed E-state index contributed by atoms with van der Waals surface area (Å²) in [6, 6.07) is 7.04. The van der Waals surface area contributed by atoms with E-state index in [0.717, 1.165) is 5.69 Å². The zero-order chi connectivity index (χ0) is 12.1. The number of amides is 1. The zero-order valence-electron chi connectivity index (χ0n) is 9.02. The zero-order valence-corrected chi connectivity index (χ0v) is 9.78. The van der Waals surface area contributed by atoms with Crippen molar-refractivity contribution >= 4 is 23.2 Å². The van der Waals surface area contributed by atoms with Crippen LogP contribution in [0.2, 0.25) is 5.02 Å². The molecule has 0 atom stereocenters. The van der Waals surface area contributed by atoms with Crippen molar-refractivity contribution in [1.82, 2.24) is 4.98 Å². The van der Waals surface area contributed by atoms with Crippen LogP contribution in [-0.4, -0.2) is 10.9 Å². The van der Waals surface area contributed by atoms with Crippen molar-refractivity contribution in [3.8, 4) is 0 Å². The molecule has 0 saturated carbocycles. The summed E-state index contributed by atoms with van der Waals surface area (Å²) in [7, 11) is 0. The monoisotopic (exact) mass is 250 g/mol. The molecule has 0 radical (unpaired) electrons. The number of hydrogen-bond donors (Lipinski definition) is 1. The van der Waals surface area contributed by atoms with Crippen molar-refractivity contribution < 1.29 is 9.21 Å². The maximum atomic E-state index is 11.6. The number of benzene rings is 1. The Labute approximate surface area is 104 Å². The summed E-state index contributed by atoms with van der Waals surface area (Å²) in [6.45, 7) is 0. The van der Waals surface area contributed by atoms with Gasteiger partial charge in [0.15, 0.2) is 6.39 Å². The van der Waals surface area contributed by atoms with Crippen LogP contribution >= 0.6 is 11.6 Å². The summed E-state index contributed by atoms with van der Waals surface area (Å²) < 4.78 is 4.82. The minimum absolute atomic E-state index is 0.0738. The van der Waals surface area contributed by atoms with Gasteiger partial charge in [-0.15, -0.1) is 0 Å². The Morgan fingerprint density at radius 2 is 2.35 bits per heavy atom. The summed E-state index contributed by atoms with van der Waals surface area (Å²) in [5, 5.41) is 3.36. The van der Waals surface area contributed by atoms with Crippen LogP contribution in [0.1, 0.15) is 12.1 Å². The Hall–Kier alpha value is -1.81. The third kappa shape index (κ3) is 3.60. The summed E-state index contributed by atoms with van der Waals surface area (Å²) in [6.07, 6.45) is 3.80. The Morgan fingerprint density at radius 1 is 1.47 bits per heavy atom. The van der Waals surface area contributed by atoms with E-state index in [-0.39, 0.29) is 5.91 Å². The van der Waals surface area contributed by atoms with Crippen LogP contribution in [0.15, 0.2) is 41.3 Å². The lowest BCUT2D eigenvalue weighted by Gasteiger charge is -2.04. The summed E-state index contributed by atoms with van der Waals surface area (Å²) >= 11 is 5.81. The molecule has 5 heteroatoms. The lowest BCUT2D eigenvalue weighted by atomic mass is 10.2. The van der Waals surface area contributed by atoms with E-state index >= 15 is 0 Å². The van der Waals surface area contributed by atoms with E-state index in [4.69, 9.17) is 16.0 Å². The lowest BCUT2D eigenvalue weighted by Crippen LogP contribution is -2.12. The second-order valence-corrected chi connectivity index (χ2v) is 3.97. The Kier molecular flexibility index (Phi) is 3.77. The van der Waals surface area contributed by atoms with E-state index in [9.17, 15) is 4.79 Å². The summed E-state index contributed by atoms with van der Waals surface area (Å²) in [5.41, 5.74) is 1.47. The van der Waals surface area contributed by atoms with E-state index in [1.165, 1.54) is 12.7 Å². The molecular weight excluding hydrogens is 240 g/mol. The van der Waals surface area contributed by atoms with Crippen molar-refractivity contribution in [3.05, 3.63) is 47.6 Å². The average Bonchev–Trinajstić information content (AvgIpc) is 2.79. The van der Waals surface area contributed by atoms with Crippen LogP contribution < -0.4 is 5.32 Å². The molecule has 0 bridgehead atoms. The first-order valence-corrected chi connectivity index (χ1v) is 5.54. The third-order valence-corrected chi connectivity index (χ3v) is 2.44. The number of oxazole rings is 1. The van der Waals surface area contributed by atoms with E-state index in [0.29, 0.717) is 23.6 Å². The highest BCUT2D eigenvalue weighted by atomic mass is 35.5. The molecule has 2 aromatic rings. The molecule has 0 spiro atoms. The largest absolute Gasteiger partial charge is 0.451 e. The predicted molar refractivity (Wildman–Crippen MR) is 64.9 cm³/mol. The fourth-order valence-corrected chi connectivity index (χ4v) is 1.58. The predicted octanol–water partition coefficient (Wildman–Crippen LogP) is 2.90. The van der Waals surface area contributed by atoms with Gasteiger partial charge in [0.05, 0.1) is 5.69 Å². The Balaban J connectivity index is 1.85. The molecule has 1 heterocycles. The van der Waals surface area contributed by atoms with Crippen molar-refractivity contribution in [2.24, 2.45) is 0 Å². The molecule has 17 heavy (non-hydrogen) atoms. The van der Waals surface area contributed by atoms with Crippen LogP contribution in [0.4, 0.5) is 5.69 Å². The molecule has 0 aliphatic heterocycles. The molecule has 0 fully saturated rings. The minimum Gasteiger partial charge on any atom is -0.451 e. The quantitative estimate of drug-likeness (QED) is 0.908. The van der Waals surface area contributed by atoms with Gasteiger partial charge in [0, 0.05) is 23.6 Å². The fraction of sp³-hybridized carbons (Fsp3) is 0.167. The first-order valence-electron chi connectivity index (χ1n) is 5.16. The van der Waals surface area contributed by atoms with Crippen molar-refractivity contribution in [2.75, 3.05) is 5.32 Å². The number of aryl methyl sites for hydroxylation is 1. The van der Waals surface area contributed by atoms with Crippen LogP contribution in [0, 0.1) is 0 Å². The highest BCUT2D eigenvalue weighted by molar-refractivity contribution is 6.30. The number of carbonyl (C=O) groups is 1. The molecule has 0 aliphatic carbocycles. The molecule has 1 amide bonds. The van der Waals surface area contributed by atoms with Crippen molar-refractivity contribution in [3.63, 3.8) is 0 Å². The van der Waals surface area contributed by atoms with Gasteiger partial charge in [0.25, 0.3) is 0 Å². The van der Waals surface area contributed by atoms with Crippen LogP contribution in [0.5, 0.6) is 0 Å². The molecular formula is C12H11ClN2O2. The number of aromatic nitrogens is 1. The highest BCUT2D eigenvalue weighted by Crippen LogP contribution is 2.15. The topological polar surface area (TPSA) is 55.1 Å². The fourth-order valence-electron chi connectivity index (χ4n) is 1.39. The second-order valence-electron chi connectivity index (χ2n) is 3.54. The van der Waals surface area contributed by atoms with Gasteiger partial charge in [-0.25, -0.2) is 4.98 Å². The first kappa shape index (κ1) is 11.7. The highest BCUT2D eigenvalue weighted by Gasteiger charge is 2.04. The second kappa shape index (κ2) is 5.50. The van der Waals surface area contributed by atoms with E-state index < -0.39 is 0 Å². The Bertz CT molecular complexity index is 497. The van der Waals surface area contributed by atoms with E-state index in [1.54, 1.807) is 24.3 Å².